The number of halogens is 1. The number of azo groups is 1. The topological polar surface area (TPSA) is 70.9 Å². The van der Waals surface area contributed by atoms with Gasteiger partial charge in [0, 0.05) is 10.2 Å². The summed E-state index contributed by atoms with van der Waals surface area (Å²) in [4.78, 5) is 0.198. The first-order chi connectivity index (χ1) is 12.0. The maximum Gasteiger partial charge on any atom is 0.261 e. The summed E-state index contributed by atoms with van der Waals surface area (Å²) < 4.78 is 28.0. The van der Waals surface area contributed by atoms with Crippen LogP contribution in [-0.4, -0.2) is 8.42 Å². The second-order valence-corrected chi connectivity index (χ2v) is 7.74. The Labute approximate surface area is 154 Å². The van der Waals surface area contributed by atoms with Crippen LogP contribution in [-0.2, 0) is 10.0 Å². The van der Waals surface area contributed by atoms with Gasteiger partial charge in [-0.15, -0.1) is 0 Å². The Morgan fingerprint density at radius 1 is 0.720 bits per heavy atom. The molecule has 0 aliphatic rings. The van der Waals surface area contributed by atoms with E-state index in [9.17, 15) is 8.42 Å². The number of benzene rings is 3. The van der Waals surface area contributed by atoms with E-state index in [-0.39, 0.29) is 4.90 Å². The standard InChI is InChI=1S/C18H14BrN3O2S/c19-14-6-12-18(13-7-14)25(23,24)22-17-10-8-16(9-11-17)21-20-15-4-2-1-3-5-15/h1-13,22H. The largest absolute Gasteiger partial charge is 0.280 e. The summed E-state index contributed by atoms with van der Waals surface area (Å²) in [5.41, 5.74) is 1.85. The van der Waals surface area contributed by atoms with Crippen molar-refractivity contribution in [2.45, 2.75) is 4.90 Å². The average molecular weight is 416 g/mol. The number of nitrogens with one attached hydrogen (secondary N) is 1. The van der Waals surface area contributed by atoms with Gasteiger partial charge >= 0.3 is 0 Å². The first-order valence-corrected chi connectivity index (χ1v) is 9.66. The minimum absolute atomic E-state index is 0.198. The Kier molecular flexibility index (Phi) is 5.25. The lowest BCUT2D eigenvalue weighted by molar-refractivity contribution is 0.601. The molecule has 0 bridgehead atoms. The van der Waals surface area contributed by atoms with E-state index in [1.54, 1.807) is 36.4 Å². The van der Waals surface area contributed by atoms with Crippen LogP contribution in [0.3, 0.4) is 0 Å². The van der Waals surface area contributed by atoms with E-state index in [0.29, 0.717) is 11.4 Å². The maximum absolute atomic E-state index is 12.3. The predicted octanol–water partition coefficient (Wildman–Crippen LogP) is 5.67. The second kappa shape index (κ2) is 7.58. The number of hydrogen-bond donors (Lipinski definition) is 1. The third kappa shape index (κ3) is 4.74. The molecule has 3 aromatic rings. The van der Waals surface area contributed by atoms with Gasteiger partial charge in [-0.3, -0.25) is 4.72 Å². The molecular formula is C18H14BrN3O2S. The lowest BCUT2D eigenvalue weighted by Gasteiger charge is -2.08. The molecule has 1 N–H and O–H groups in total. The Morgan fingerprint density at radius 3 is 1.88 bits per heavy atom. The van der Waals surface area contributed by atoms with Crippen molar-refractivity contribution in [3.8, 4) is 0 Å². The minimum Gasteiger partial charge on any atom is -0.280 e. The number of hydrogen-bond acceptors (Lipinski definition) is 4. The Bertz CT molecular complexity index is 971. The molecule has 0 radical (unpaired) electrons. The third-order valence-electron chi connectivity index (χ3n) is 3.28. The molecule has 0 saturated carbocycles. The fraction of sp³-hybridized carbons (Fsp3) is 0. The third-order valence-corrected chi connectivity index (χ3v) is 5.21. The van der Waals surface area contributed by atoms with Gasteiger partial charge in [-0.05, 0) is 60.7 Å². The normalized spacial score (nSPS) is 11.6. The molecule has 7 heteroatoms. The molecule has 5 nitrogen and oxygen atoms in total. The lowest BCUT2D eigenvalue weighted by Crippen LogP contribution is -2.12. The fourth-order valence-corrected chi connectivity index (χ4v) is 3.36. The summed E-state index contributed by atoms with van der Waals surface area (Å²) in [6, 6.07) is 22.5. The van der Waals surface area contributed by atoms with E-state index in [2.05, 4.69) is 30.9 Å². The zero-order chi connectivity index (χ0) is 17.7. The minimum atomic E-state index is -3.62. The summed E-state index contributed by atoms with van der Waals surface area (Å²) in [5, 5.41) is 8.24. The van der Waals surface area contributed by atoms with E-state index in [1.165, 1.54) is 12.1 Å². The molecule has 0 fully saturated rings. The Hall–Kier alpha value is -2.51. The van der Waals surface area contributed by atoms with Gasteiger partial charge < -0.3 is 0 Å². The average Bonchev–Trinajstić information content (AvgIpc) is 2.62. The number of anilines is 1. The van der Waals surface area contributed by atoms with E-state index >= 15 is 0 Å². The van der Waals surface area contributed by atoms with E-state index in [0.717, 1.165) is 10.2 Å². The molecule has 0 aromatic heterocycles. The van der Waals surface area contributed by atoms with Gasteiger partial charge in [0.05, 0.1) is 16.3 Å². The molecule has 0 heterocycles. The molecule has 0 aliphatic heterocycles. The Morgan fingerprint density at radius 2 is 1.28 bits per heavy atom. The van der Waals surface area contributed by atoms with Crippen LogP contribution in [0, 0.1) is 0 Å². The smallest absolute Gasteiger partial charge is 0.261 e. The maximum atomic E-state index is 12.3. The molecule has 0 aliphatic carbocycles. The van der Waals surface area contributed by atoms with Gasteiger partial charge in [-0.25, -0.2) is 8.42 Å². The fourth-order valence-electron chi connectivity index (χ4n) is 2.03. The van der Waals surface area contributed by atoms with E-state index in [4.69, 9.17) is 0 Å². The summed E-state index contributed by atoms with van der Waals surface area (Å²) in [5.74, 6) is 0. The second-order valence-electron chi connectivity index (χ2n) is 5.14. The van der Waals surface area contributed by atoms with Crippen molar-refractivity contribution in [2.24, 2.45) is 10.2 Å². The van der Waals surface area contributed by atoms with Crippen LogP contribution in [0.2, 0.25) is 0 Å². The molecule has 3 aromatic carbocycles. The van der Waals surface area contributed by atoms with E-state index in [1.807, 2.05) is 30.3 Å². The SMILES string of the molecule is O=S(=O)(Nc1ccc(N=Nc2ccccc2)cc1)c1ccc(Br)cc1. The van der Waals surface area contributed by atoms with Gasteiger partial charge in [-0.1, -0.05) is 34.1 Å². The van der Waals surface area contributed by atoms with Crippen LogP contribution in [0.5, 0.6) is 0 Å². The number of rotatable bonds is 5. The van der Waals surface area contributed by atoms with Gasteiger partial charge in [0.2, 0.25) is 0 Å². The summed E-state index contributed by atoms with van der Waals surface area (Å²) in [7, 11) is -3.62. The monoisotopic (exact) mass is 415 g/mol. The predicted molar refractivity (Wildman–Crippen MR) is 102 cm³/mol. The van der Waals surface area contributed by atoms with Gasteiger partial charge in [0.15, 0.2) is 0 Å². The lowest BCUT2D eigenvalue weighted by atomic mass is 10.3. The quantitative estimate of drug-likeness (QED) is 0.545. The van der Waals surface area contributed by atoms with Crippen LogP contribution < -0.4 is 4.72 Å². The zero-order valence-corrected chi connectivity index (χ0v) is 15.4. The first-order valence-electron chi connectivity index (χ1n) is 7.38. The van der Waals surface area contributed by atoms with Crippen LogP contribution >= 0.6 is 15.9 Å². The molecule has 0 atom stereocenters. The summed E-state index contributed by atoms with van der Waals surface area (Å²) in [6.45, 7) is 0. The van der Waals surface area contributed by atoms with Gasteiger partial charge in [0.25, 0.3) is 10.0 Å². The van der Waals surface area contributed by atoms with Crippen molar-refractivity contribution in [2.75, 3.05) is 4.72 Å². The molecular weight excluding hydrogens is 402 g/mol. The van der Waals surface area contributed by atoms with Crippen molar-refractivity contribution >= 4 is 43.0 Å². The van der Waals surface area contributed by atoms with Gasteiger partial charge in [-0.2, -0.15) is 10.2 Å². The van der Waals surface area contributed by atoms with Crippen molar-refractivity contribution < 1.29 is 8.42 Å². The van der Waals surface area contributed by atoms with Crippen LogP contribution in [0.4, 0.5) is 17.1 Å². The number of nitrogens with zero attached hydrogens (tertiary/aromatic N) is 2. The molecule has 3 rings (SSSR count). The first kappa shape index (κ1) is 17.3. The highest BCUT2D eigenvalue weighted by Crippen LogP contribution is 2.22. The Balaban J connectivity index is 1.72. The molecule has 126 valence electrons. The van der Waals surface area contributed by atoms with Crippen molar-refractivity contribution in [3.05, 3.63) is 83.3 Å². The van der Waals surface area contributed by atoms with Crippen molar-refractivity contribution in [3.63, 3.8) is 0 Å². The molecule has 0 unspecified atom stereocenters. The highest BCUT2D eigenvalue weighted by Gasteiger charge is 2.13. The zero-order valence-electron chi connectivity index (χ0n) is 13.0. The van der Waals surface area contributed by atoms with E-state index < -0.39 is 10.0 Å². The van der Waals surface area contributed by atoms with Crippen molar-refractivity contribution in [1.29, 1.82) is 0 Å². The molecule has 25 heavy (non-hydrogen) atoms. The molecule has 0 amide bonds. The van der Waals surface area contributed by atoms with Gasteiger partial charge in [0.1, 0.15) is 0 Å². The highest BCUT2D eigenvalue weighted by atomic mass is 79.9. The molecule has 0 spiro atoms. The van der Waals surface area contributed by atoms with Crippen LogP contribution in [0.15, 0.2) is 98.5 Å². The molecule has 0 saturated heterocycles. The number of sulfonamides is 1. The van der Waals surface area contributed by atoms with Crippen LogP contribution in [0.1, 0.15) is 0 Å². The van der Waals surface area contributed by atoms with Crippen molar-refractivity contribution in [1.82, 2.24) is 0 Å². The highest BCUT2D eigenvalue weighted by molar-refractivity contribution is 9.10. The van der Waals surface area contributed by atoms with Crippen LogP contribution in [0.25, 0.3) is 0 Å². The summed E-state index contributed by atoms with van der Waals surface area (Å²) in [6.07, 6.45) is 0. The summed E-state index contributed by atoms with van der Waals surface area (Å²) >= 11 is 3.28.